The number of aromatic nitrogens is 1. The van der Waals surface area contributed by atoms with Crippen molar-refractivity contribution < 1.29 is 37.3 Å². The van der Waals surface area contributed by atoms with Crippen LogP contribution in [0.3, 0.4) is 0 Å². The molecule has 0 aliphatic carbocycles. The van der Waals surface area contributed by atoms with Gasteiger partial charge in [-0.15, -0.1) is 0 Å². The average molecular weight is 496 g/mol. The zero-order valence-electron chi connectivity index (χ0n) is 16.6. The third-order valence-corrected chi connectivity index (χ3v) is 6.89. The maximum atomic E-state index is 12.9. The molecule has 1 aromatic heterocycles. The van der Waals surface area contributed by atoms with E-state index in [4.69, 9.17) is 9.47 Å². The average Bonchev–Trinajstić information content (AvgIpc) is 2.72. The second-order valence-corrected chi connectivity index (χ2v) is 10.7. The SMILES string of the molecule is CNS(=O)(=O)c1cc(-c2cccnc2Oc2ccc(S(F)(F)(F)(F)F)cc2)ccc1OC. The van der Waals surface area contributed by atoms with Crippen LogP contribution in [-0.2, 0) is 10.0 Å². The lowest BCUT2D eigenvalue weighted by atomic mass is 10.1. The Labute approximate surface area is 180 Å². The first-order valence-electron chi connectivity index (χ1n) is 8.73. The Morgan fingerprint density at radius 3 is 2.19 bits per heavy atom. The quantitative estimate of drug-likeness (QED) is 0.399. The van der Waals surface area contributed by atoms with Gasteiger partial charge in [0.1, 0.15) is 21.3 Å². The highest BCUT2D eigenvalue weighted by atomic mass is 32.5. The normalized spacial score (nSPS) is 14.3. The molecule has 0 fully saturated rings. The lowest BCUT2D eigenvalue weighted by Gasteiger charge is -2.40. The fraction of sp³-hybridized carbons (Fsp3) is 0.105. The van der Waals surface area contributed by atoms with Crippen molar-refractivity contribution in [1.29, 1.82) is 0 Å². The highest BCUT2D eigenvalue weighted by Crippen LogP contribution is 3.02. The van der Waals surface area contributed by atoms with Crippen molar-refractivity contribution in [2.45, 2.75) is 9.79 Å². The zero-order valence-corrected chi connectivity index (χ0v) is 18.2. The van der Waals surface area contributed by atoms with Gasteiger partial charge < -0.3 is 9.47 Å². The van der Waals surface area contributed by atoms with Gasteiger partial charge in [0.05, 0.1) is 7.11 Å². The van der Waals surface area contributed by atoms with Gasteiger partial charge in [0.25, 0.3) is 0 Å². The molecule has 13 heteroatoms. The third kappa shape index (κ3) is 5.11. The molecule has 1 N–H and O–H groups in total. The number of ether oxygens (including phenoxy) is 2. The third-order valence-electron chi connectivity index (χ3n) is 4.29. The molecule has 0 amide bonds. The van der Waals surface area contributed by atoms with Crippen LogP contribution >= 0.6 is 10.2 Å². The molecule has 0 saturated heterocycles. The topological polar surface area (TPSA) is 77.5 Å². The van der Waals surface area contributed by atoms with Crippen LogP contribution in [-0.4, -0.2) is 27.6 Å². The lowest BCUT2D eigenvalue weighted by molar-refractivity contribution is 0.363. The summed E-state index contributed by atoms with van der Waals surface area (Å²) in [6.45, 7) is 0. The Morgan fingerprint density at radius 2 is 1.62 bits per heavy atom. The summed E-state index contributed by atoms with van der Waals surface area (Å²) in [5, 5.41) is 0. The largest absolute Gasteiger partial charge is 0.495 e. The Hall–Kier alpha value is -2.90. The van der Waals surface area contributed by atoms with E-state index in [1.807, 2.05) is 0 Å². The van der Waals surface area contributed by atoms with Crippen LogP contribution in [0.2, 0.25) is 0 Å². The van der Waals surface area contributed by atoms with E-state index in [2.05, 4.69) is 9.71 Å². The molecule has 1 heterocycles. The number of nitrogens with one attached hydrogen (secondary N) is 1. The van der Waals surface area contributed by atoms with Crippen molar-refractivity contribution in [2.24, 2.45) is 0 Å². The van der Waals surface area contributed by atoms with E-state index in [1.165, 1.54) is 44.6 Å². The Morgan fingerprint density at radius 1 is 0.969 bits per heavy atom. The van der Waals surface area contributed by atoms with Gasteiger partial charge >= 0.3 is 10.2 Å². The molecular weight excluding hydrogens is 479 g/mol. The van der Waals surface area contributed by atoms with Gasteiger partial charge in [-0.05, 0) is 61.1 Å². The molecule has 0 saturated carbocycles. The Kier molecular flexibility index (Phi) is 5.43. The summed E-state index contributed by atoms with van der Waals surface area (Å²) in [6, 6.07) is 9.29. The van der Waals surface area contributed by atoms with E-state index in [0.717, 1.165) is 12.1 Å². The molecule has 0 spiro atoms. The fourth-order valence-electron chi connectivity index (χ4n) is 2.73. The van der Waals surface area contributed by atoms with Crippen LogP contribution in [0.5, 0.6) is 17.4 Å². The molecule has 32 heavy (non-hydrogen) atoms. The monoisotopic (exact) mass is 496 g/mol. The summed E-state index contributed by atoms with van der Waals surface area (Å²) in [4.78, 5) is 1.82. The minimum absolute atomic E-state index is 0.0782. The summed E-state index contributed by atoms with van der Waals surface area (Å²) < 4.78 is 102. The molecule has 174 valence electrons. The number of hydrogen-bond acceptors (Lipinski definition) is 5. The van der Waals surface area contributed by atoms with E-state index in [-0.39, 0.29) is 34.4 Å². The molecule has 0 aliphatic rings. The number of halogens is 5. The summed E-state index contributed by atoms with van der Waals surface area (Å²) >= 11 is 0. The van der Waals surface area contributed by atoms with E-state index in [0.29, 0.717) is 11.1 Å². The second kappa shape index (κ2) is 7.32. The molecule has 0 radical (unpaired) electrons. The van der Waals surface area contributed by atoms with Crippen molar-refractivity contribution in [2.75, 3.05) is 14.2 Å². The molecule has 0 aliphatic heterocycles. The summed E-state index contributed by atoms with van der Waals surface area (Å²) in [5.41, 5.74) is 0.658. The second-order valence-electron chi connectivity index (χ2n) is 6.47. The minimum Gasteiger partial charge on any atom is -0.495 e. The van der Waals surface area contributed by atoms with Crippen LogP contribution in [0.4, 0.5) is 19.4 Å². The molecule has 3 rings (SSSR count). The zero-order chi connectivity index (χ0) is 23.8. The van der Waals surface area contributed by atoms with E-state index in [1.54, 1.807) is 6.07 Å². The molecule has 2 aromatic carbocycles. The molecule has 0 atom stereocenters. The minimum atomic E-state index is -9.81. The van der Waals surface area contributed by atoms with Gasteiger partial charge in [-0.1, -0.05) is 25.5 Å². The highest BCUT2D eigenvalue weighted by molar-refractivity contribution is 8.45. The van der Waals surface area contributed by atoms with Gasteiger partial charge in [-0.3, -0.25) is 0 Å². The number of nitrogens with zero attached hydrogens (tertiary/aromatic N) is 1. The number of sulfonamides is 1. The van der Waals surface area contributed by atoms with Gasteiger partial charge in [0, 0.05) is 11.8 Å². The standard InChI is InChI=1S/C19H17F5N2O4S2/c1-25-31(27,28)18-12-13(5-10-17(18)29-2)16-4-3-11-26-19(16)30-14-6-8-15(9-7-14)32(20,21,22,23)24/h3-12,25H,1-2H3. The maximum absolute atomic E-state index is 12.9. The molecular formula is C19H17F5N2O4S2. The Balaban J connectivity index is 2.02. The maximum Gasteiger partial charge on any atom is 0.310 e. The number of methoxy groups -OCH3 is 1. The van der Waals surface area contributed by atoms with Gasteiger partial charge in [-0.2, -0.15) is 0 Å². The van der Waals surface area contributed by atoms with Crippen molar-refractivity contribution in [3.05, 3.63) is 60.8 Å². The van der Waals surface area contributed by atoms with Crippen LogP contribution in [0, 0.1) is 0 Å². The number of hydrogen-bond donors (Lipinski definition) is 1. The first-order chi connectivity index (χ1) is 14.6. The smallest absolute Gasteiger partial charge is 0.310 e. The van der Waals surface area contributed by atoms with Crippen LogP contribution in [0.1, 0.15) is 0 Å². The Bertz CT molecular complexity index is 1270. The summed E-state index contributed by atoms with van der Waals surface area (Å²) in [5.74, 6) is -0.168. The van der Waals surface area contributed by atoms with Crippen molar-refractivity contribution in [3.8, 4) is 28.5 Å². The molecule has 0 bridgehead atoms. The lowest BCUT2D eigenvalue weighted by Crippen LogP contribution is -2.19. The van der Waals surface area contributed by atoms with Crippen LogP contribution in [0.25, 0.3) is 11.1 Å². The molecule has 3 aromatic rings. The fourth-order valence-corrected chi connectivity index (χ4v) is 4.30. The number of rotatable bonds is 7. The first kappa shape index (κ1) is 23.8. The predicted molar refractivity (Wildman–Crippen MR) is 110 cm³/mol. The van der Waals surface area contributed by atoms with Crippen molar-refractivity contribution in [1.82, 2.24) is 9.71 Å². The van der Waals surface area contributed by atoms with Crippen molar-refractivity contribution >= 4 is 20.2 Å². The van der Waals surface area contributed by atoms with E-state index >= 15 is 0 Å². The highest BCUT2D eigenvalue weighted by Gasteiger charge is 2.65. The van der Waals surface area contributed by atoms with E-state index < -0.39 is 25.1 Å². The molecule has 0 unspecified atom stereocenters. The van der Waals surface area contributed by atoms with Crippen LogP contribution < -0.4 is 14.2 Å². The first-order valence-corrected chi connectivity index (χ1v) is 12.2. The van der Waals surface area contributed by atoms with Gasteiger partial charge in [0.2, 0.25) is 15.9 Å². The van der Waals surface area contributed by atoms with Gasteiger partial charge in [0.15, 0.2) is 0 Å². The predicted octanol–water partition coefficient (Wildman–Crippen LogP) is 6.12. The van der Waals surface area contributed by atoms with Crippen molar-refractivity contribution in [3.63, 3.8) is 0 Å². The summed E-state index contributed by atoms with van der Waals surface area (Å²) in [7, 11) is -11.2. The number of benzene rings is 2. The molecule has 6 nitrogen and oxygen atoms in total. The van der Waals surface area contributed by atoms with Gasteiger partial charge in [-0.25, -0.2) is 18.1 Å². The van der Waals surface area contributed by atoms with E-state index in [9.17, 15) is 27.8 Å². The number of pyridine rings is 1. The van der Waals surface area contributed by atoms with Crippen LogP contribution in [0.15, 0.2) is 70.6 Å². The summed E-state index contributed by atoms with van der Waals surface area (Å²) in [6.07, 6.45) is 1.34.